The molecule has 0 bridgehead atoms. The SMILES string of the molecule is NC(=O)C1([C@@H](C(=O)C(=O)NC2CC2)C2CCCCC2)NCC2CCCC21. The second kappa shape index (κ2) is 6.95. The minimum atomic E-state index is -1.04. The molecule has 6 heteroatoms. The molecule has 0 spiro atoms. The van der Waals surface area contributed by atoms with Crippen molar-refractivity contribution >= 4 is 17.6 Å². The van der Waals surface area contributed by atoms with Gasteiger partial charge < -0.3 is 16.4 Å². The third kappa shape index (κ3) is 2.96. The molecule has 1 aliphatic heterocycles. The Hall–Kier alpha value is -1.43. The summed E-state index contributed by atoms with van der Waals surface area (Å²) in [5.74, 6) is -1.42. The van der Waals surface area contributed by atoms with E-state index in [9.17, 15) is 14.4 Å². The number of Topliss-reactive ketones (excluding diaryl/α,β-unsaturated/α-hetero) is 1. The number of carbonyl (C=O) groups excluding carboxylic acids is 3. The zero-order chi connectivity index (χ0) is 18.3. The Bertz CT molecular complexity index is 597. The number of carbonyl (C=O) groups is 3. The standard InChI is InChI=1S/C20H31N3O3/c21-19(26)20(15-8-4-7-13(15)11-22-20)16(12-5-2-1-3-6-12)17(24)18(25)23-14-9-10-14/h12-16,22H,1-11H2,(H2,21,26)(H,23,25)/t13?,15?,16-,20?/m1/s1. The van der Waals surface area contributed by atoms with Gasteiger partial charge in [0.2, 0.25) is 11.7 Å². The first-order valence-electron chi connectivity index (χ1n) is 10.4. The molecule has 4 fully saturated rings. The van der Waals surface area contributed by atoms with Gasteiger partial charge in [-0.2, -0.15) is 0 Å². The van der Waals surface area contributed by atoms with Gasteiger partial charge in [-0.3, -0.25) is 14.4 Å². The van der Waals surface area contributed by atoms with Crippen LogP contribution in [0.25, 0.3) is 0 Å². The highest BCUT2D eigenvalue weighted by molar-refractivity contribution is 6.38. The highest BCUT2D eigenvalue weighted by Gasteiger charge is 2.62. The van der Waals surface area contributed by atoms with Crippen LogP contribution in [0.3, 0.4) is 0 Å². The maximum atomic E-state index is 13.3. The Kier molecular flexibility index (Phi) is 4.80. The van der Waals surface area contributed by atoms with Crippen molar-refractivity contribution in [3.05, 3.63) is 0 Å². The van der Waals surface area contributed by atoms with Crippen molar-refractivity contribution in [1.82, 2.24) is 10.6 Å². The molecule has 2 amide bonds. The van der Waals surface area contributed by atoms with E-state index >= 15 is 0 Å². The van der Waals surface area contributed by atoms with E-state index in [-0.39, 0.29) is 17.9 Å². The van der Waals surface area contributed by atoms with E-state index in [4.69, 9.17) is 5.73 Å². The summed E-state index contributed by atoms with van der Waals surface area (Å²) in [6.07, 6.45) is 10.0. The second-order valence-corrected chi connectivity index (χ2v) is 8.90. The van der Waals surface area contributed by atoms with E-state index in [0.717, 1.165) is 70.8 Å². The fourth-order valence-corrected chi connectivity index (χ4v) is 5.96. The number of hydrogen-bond acceptors (Lipinski definition) is 4. The minimum Gasteiger partial charge on any atom is -0.368 e. The van der Waals surface area contributed by atoms with Gasteiger partial charge in [-0.05, 0) is 62.8 Å². The highest BCUT2D eigenvalue weighted by atomic mass is 16.2. The van der Waals surface area contributed by atoms with Crippen molar-refractivity contribution in [1.29, 1.82) is 0 Å². The van der Waals surface area contributed by atoms with Gasteiger partial charge in [-0.15, -0.1) is 0 Å². The summed E-state index contributed by atoms with van der Waals surface area (Å²) in [6, 6.07) is 0.138. The quantitative estimate of drug-likeness (QED) is 0.620. The van der Waals surface area contributed by atoms with Crippen molar-refractivity contribution in [2.75, 3.05) is 6.54 Å². The van der Waals surface area contributed by atoms with Crippen molar-refractivity contribution in [3.8, 4) is 0 Å². The molecule has 1 saturated heterocycles. The van der Waals surface area contributed by atoms with Gasteiger partial charge in [-0.25, -0.2) is 0 Å². The maximum Gasteiger partial charge on any atom is 0.287 e. The predicted octanol–water partition coefficient (Wildman–Crippen LogP) is 1.27. The topological polar surface area (TPSA) is 101 Å². The molecule has 0 radical (unpaired) electrons. The molecule has 4 aliphatic rings. The molecule has 4 rings (SSSR count). The van der Waals surface area contributed by atoms with Crippen LogP contribution in [0.15, 0.2) is 0 Å². The van der Waals surface area contributed by atoms with Gasteiger partial charge in [0.25, 0.3) is 5.91 Å². The first-order chi connectivity index (χ1) is 12.5. The molecular weight excluding hydrogens is 330 g/mol. The fourth-order valence-electron chi connectivity index (χ4n) is 5.96. The second-order valence-electron chi connectivity index (χ2n) is 8.90. The molecular formula is C20H31N3O3. The van der Waals surface area contributed by atoms with Gasteiger partial charge >= 0.3 is 0 Å². The van der Waals surface area contributed by atoms with Crippen LogP contribution in [0.4, 0.5) is 0 Å². The Morgan fingerprint density at radius 3 is 2.35 bits per heavy atom. The summed E-state index contributed by atoms with van der Waals surface area (Å²) in [5, 5.41) is 6.24. The Labute approximate surface area is 155 Å². The fraction of sp³-hybridized carbons (Fsp3) is 0.850. The molecule has 144 valence electrons. The first-order valence-corrected chi connectivity index (χ1v) is 10.4. The van der Waals surface area contributed by atoms with Crippen LogP contribution in [0, 0.1) is 23.7 Å². The van der Waals surface area contributed by atoms with E-state index in [1.165, 1.54) is 0 Å². The zero-order valence-corrected chi connectivity index (χ0v) is 15.5. The molecule has 6 nitrogen and oxygen atoms in total. The van der Waals surface area contributed by atoms with Crippen LogP contribution in [-0.2, 0) is 14.4 Å². The Morgan fingerprint density at radius 1 is 0.962 bits per heavy atom. The van der Waals surface area contributed by atoms with E-state index in [2.05, 4.69) is 10.6 Å². The lowest BCUT2D eigenvalue weighted by Gasteiger charge is -2.43. The zero-order valence-electron chi connectivity index (χ0n) is 15.5. The number of hydrogen-bond donors (Lipinski definition) is 3. The monoisotopic (exact) mass is 361 g/mol. The van der Waals surface area contributed by atoms with Crippen molar-refractivity contribution in [2.45, 2.75) is 75.8 Å². The summed E-state index contributed by atoms with van der Waals surface area (Å²) in [5.41, 5.74) is 4.92. The van der Waals surface area contributed by atoms with Crippen molar-refractivity contribution in [3.63, 3.8) is 0 Å². The summed E-state index contributed by atoms with van der Waals surface area (Å²) in [4.78, 5) is 38.8. The molecule has 4 N–H and O–H groups in total. The summed E-state index contributed by atoms with van der Waals surface area (Å²) < 4.78 is 0. The smallest absolute Gasteiger partial charge is 0.287 e. The normalized spacial score (nSPS) is 35.7. The number of rotatable bonds is 6. The lowest BCUT2D eigenvalue weighted by atomic mass is 9.63. The first kappa shape index (κ1) is 18.0. The predicted molar refractivity (Wildman–Crippen MR) is 97.0 cm³/mol. The summed E-state index contributed by atoms with van der Waals surface area (Å²) in [7, 11) is 0. The van der Waals surface area contributed by atoms with Crippen LogP contribution in [-0.4, -0.2) is 35.7 Å². The van der Waals surface area contributed by atoms with Gasteiger partial charge in [-0.1, -0.05) is 25.7 Å². The molecule has 3 saturated carbocycles. The molecule has 0 aromatic carbocycles. The molecule has 26 heavy (non-hydrogen) atoms. The number of amides is 2. The van der Waals surface area contributed by atoms with Crippen LogP contribution >= 0.6 is 0 Å². The molecule has 0 aromatic heterocycles. The highest BCUT2D eigenvalue weighted by Crippen LogP contribution is 2.50. The molecule has 0 aromatic rings. The Balaban J connectivity index is 1.68. The van der Waals surface area contributed by atoms with Crippen molar-refractivity contribution < 1.29 is 14.4 Å². The number of fused-ring (bicyclic) bond motifs is 1. The van der Waals surface area contributed by atoms with Crippen LogP contribution < -0.4 is 16.4 Å². The average Bonchev–Trinajstić information content (AvgIpc) is 3.18. The van der Waals surface area contributed by atoms with Crippen LogP contribution in [0.1, 0.15) is 64.2 Å². The molecule has 3 aliphatic carbocycles. The van der Waals surface area contributed by atoms with E-state index in [1.807, 2.05) is 0 Å². The minimum absolute atomic E-state index is 0.0700. The summed E-state index contributed by atoms with van der Waals surface area (Å²) in [6.45, 7) is 0.731. The number of nitrogens with two attached hydrogens (primary N) is 1. The third-order valence-corrected chi connectivity index (χ3v) is 7.34. The molecule has 4 atom stereocenters. The van der Waals surface area contributed by atoms with E-state index in [1.54, 1.807) is 0 Å². The van der Waals surface area contributed by atoms with Gasteiger partial charge in [0, 0.05) is 6.04 Å². The molecule has 1 heterocycles. The molecule has 3 unspecified atom stereocenters. The summed E-state index contributed by atoms with van der Waals surface area (Å²) >= 11 is 0. The van der Waals surface area contributed by atoms with Crippen LogP contribution in [0.2, 0.25) is 0 Å². The lowest BCUT2D eigenvalue weighted by Crippen LogP contribution is -2.65. The number of ketones is 1. The largest absolute Gasteiger partial charge is 0.368 e. The lowest BCUT2D eigenvalue weighted by molar-refractivity contribution is -0.147. The Morgan fingerprint density at radius 2 is 1.69 bits per heavy atom. The maximum absolute atomic E-state index is 13.3. The van der Waals surface area contributed by atoms with Gasteiger partial charge in [0.1, 0.15) is 5.54 Å². The van der Waals surface area contributed by atoms with E-state index < -0.39 is 29.1 Å². The number of nitrogens with one attached hydrogen (secondary N) is 2. The van der Waals surface area contributed by atoms with Crippen LogP contribution in [0.5, 0.6) is 0 Å². The third-order valence-electron chi connectivity index (χ3n) is 7.34. The van der Waals surface area contributed by atoms with E-state index in [0.29, 0.717) is 5.92 Å². The van der Waals surface area contributed by atoms with Crippen molar-refractivity contribution in [2.24, 2.45) is 29.4 Å². The number of primary amides is 1. The van der Waals surface area contributed by atoms with Gasteiger partial charge in [0.15, 0.2) is 0 Å². The average molecular weight is 361 g/mol. The van der Waals surface area contributed by atoms with Gasteiger partial charge in [0.05, 0.1) is 5.92 Å².